The van der Waals surface area contributed by atoms with Crippen molar-refractivity contribution in [1.29, 1.82) is 0 Å². The Balaban J connectivity index is 3.37. The van der Waals surface area contributed by atoms with E-state index in [4.69, 9.17) is 0 Å². The van der Waals surface area contributed by atoms with Gasteiger partial charge in [0.1, 0.15) is 0 Å². The molecule has 0 saturated heterocycles. The molecule has 0 atom stereocenters. The molecule has 0 fully saturated rings. The third-order valence-electron chi connectivity index (χ3n) is 1.97. The molecule has 1 heteroatoms. The summed E-state index contributed by atoms with van der Waals surface area (Å²) in [6.07, 6.45) is 4.96. The van der Waals surface area contributed by atoms with Crippen molar-refractivity contribution in [2.45, 2.75) is 46.5 Å². The number of nitrogens with zero attached hydrogens (tertiary/aromatic N) is 1. The maximum Gasteiger partial charge on any atom is 0.0276 e. The van der Waals surface area contributed by atoms with E-state index in [0.717, 1.165) is 12.3 Å². The van der Waals surface area contributed by atoms with Crippen molar-refractivity contribution >= 4 is 5.71 Å². The number of hydrogen-bond acceptors (Lipinski definition) is 1. The van der Waals surface area contributed by atoms with Crippen molar-refractivity contribution in [2.75, 3.05) is 7.05 Å². The molecule has 0 N–H and O–H groups in total. The molecule has 1 nitrogen and oxygen atoms in total. The van der Waals surface area contributed by atoms with E-state index in [2.05, 4.69) is 25.8 Å². The molecule has 0 aromatic rings. The van der Waals surface area contributed by atoms with Crippen LogP contribution in [0.1, 0.15) is 46.5 Å². The van der Waals surface area contributed by atoms with Crippen molar-refractivity contribution in [1.82, 2.24) is 0 Å². The van der Waals surface area contributed by atoms with Gasteiger partial charge in [0.2, 0.25) is 0 Å². The molecule has 0 amide bonds. The third kappa shape index (κ3) is 6.08. The van der Waals surface area contributed by atoms with Gasteiger partial charge in [0.15, 0.2) is 0 Å². The highest BCUT2D eigenvalue weighted by Gasteiger charge is 1.97. The molecule has 0 aliphatic carbocycles. The van der Waals surface area contributed by atoms with Gasteiger partial charge in [-0.25, -0.2) is 0 Å². The second-order valence-corrected chi connectivity index (χ2v) is 3.43. The van der Waals surface area contributed by atoms with Crippen molar-refractivity contribution < 1.29 is 0 Å². The predicted molar refractivity (Wildman–Crippen MR) is 52.3 cm³/mol. The lowest BCUT2D eigenvalue weighted by Crippen LogP contribution is -1.97. The van der Waals surface area contributed by atoms with E-state index in [9.17, 15) is 0 Å². The van der Waals surface area contributed by atoms with E-state index in [0.29, 0.717) is 0 Å². The first kappa shape index (κ1) is 10.7. The summed E-state index contributed by atoms with van der Waals surface area (Å²) in [4.78, 5) is 4.22. The molecule has 0 aliphatic rings. The normalized spacial score (nSPS) is 12.6. The molecule has 0 bridgehead atoms. The number of aliphatic imine (C=N–C) groups is 1. The number of rotatable bonds is 5. The Morgan fingerprint density at radius 3 is 2.36 bits per heavy atom. The van der Waals surface area contributed by atoms with Crippen LogP contribution in [0.2, 0.25) is 0 Å². The van der Waals surface area contributed by atoms with Gasteiger partial charge in [-0.15, -0.1) is 0 Å². The largest absolute Gasteiger partial charge is 0.297 e. The molecular weight excluding hydrogens is 134 g/mol. The standard InChI is InChI=1S/C10H21N/c1-5-10(11-4)8-6-7-9(2)3/h9H,5-8H2,1-4H3. The fourth-order valence-electron chi connectivity index (χ4n) is 1.16. The van der Waals surface area contributed by atoms with Gasteiger partial charge in [-0.2, -0.15) is 0 Å². The Labute approximate surface area is 70.9 Å². The van der Waals surface area contributed by atoms with Crippen LogP contribution in [0.25, 0.3) is 0 Å². The zero-order valence-corrected chi connectivity index (χ0v) is 8.35. The molecule has 11 heavy (non-hydrogen) atoms. The van der Waals surface area contributed by atoms with Crippen LogP contribution in [0, 0.1) is 5.92 Å². The zero-order chi connectivity index (χ0) is 8.69. The first-order valence-corrected chi connectivity index (χ1v) is 4.65. The molecule has 0 saturated carbocycles. The van der Waals surface area contributed by atoms with Gasteiger partial charge in [0, 0.05) is 12.8 Å². The van der Waals surface area contributed by atoms with Gasteiger partial charge in [0.05, 0.1) is 0 Å². The molecule has 0 radical (unpaired) electrons. The van der Waals surface area contributed by atoms with E-state index < -0.39 is 0 Å². The maximum atomic E-state index is 4.22. The smallest absolute Gasteiger partial charge is 0.0276 e. The quantitative estimate of drug-likeness (QED) is 0.540. The predicted octanol–water partition coefficient (Wildman–Crippen LogP) is 3.29. The van der Waals surface area contributed by atoms with Gasteiger partial charge < -0.3 is 0 Å². The summed E-state index contributed by atoms with van der Waals surface area (Å²) in [5.74, 6) is 0.838. The van der Waals surface area contributed by atoms with Crippen LogP contribution < -0.4 is 0 Å². The van der Waals surface area contributed by atoms with Gasteiger partial charge in [-0.05, 0) is 25.2 Å². The Morgan fingerprint density at radius 1 is 1.36 bits per heavy atom. The highest BCUT2D eigenvalue weighted by atomic mass is 14.7. The molecule has 0 heterocycles. The van der Waals surface area contributed by atoms with Crippen LogP contribution in [0.5, 0.6) is 0 Å². The molecule has 0 unspecified atom stereocenters. The summed E-state index contributed by atoms with van der Waals surface area (Å²) in [6.45, 7) is 6.72. The lowest BCUT2D eigenvalue weighted by Gasteiger charge is -2.04. The summed E-state index contributed by atoms with van der Waals surface area (Å²) in [6, 6.07) is 0. The second-order valence-electron chi connectivity index (χ2n) is 3.43. The lowest BCUT2D eigenvalue weighted by atomic mass is 10.0. The summed E-state index contributed by atoms with van der Waals surface area (Å²) < 4.78 is 0. The first-order chi connectivity index (χ1) is 5.20. The summed E-state index contributed by atoms with van der Waals surface area (Å²) >= 11 is 0. The SMILES string of the molecule is CCC(CCCC(C)C)=NC. The summed E-state index contributed by atoms with van der Waals surface area (Å²) in [5.41, 5.74) is 1.37. The van der Waals surface area contributed by atoms with E-state index in [-0.39, 0.29) is 0 Å². The molecule has 0 aromatic heterocycles. The molecule has 0 rings (SSSR count). The Bertz CT molecular complexity index is 114. The van der Waals surface area contributed by atoms with Gasteiger partial charge in [0.25, 0.3) is 0 Å². The van der Waals surface area contributed by atoms with Gasteiger partial charge >= 0.3 is 0 Å². The van der Waals surface area contributed by atoms with Crippen LogP contribution in [-0.4, -0.2) is 12.8 Å². The molecular formula is C10H21N. The van der Waals surface area contributed by atoms with E-state index in [1.165, 1.54) is 25.0 Å². The van der Waals surface area contributed by atoms with E-state index >= 15 is 0 Å². The summed E-state index contributed by atoms with van der Waals surface area (Å²) in [7, 11) is 1.90. The van der Waals surface area contributed by atoms with Crippen LogP contribution in [0.3, 0.4) is 0 Å². The van der Waals surface area contributed by atoms with Crippen molar-refractivity contribution in [3.8, 4) is 0 Å². The minimum Gasteiger partial charge on any atom is -0.297 e. The van der Waals surface area contributed by atoms with E-state index in [1.54, 1.807) is 0 Å². The number of hydrogen-bond donors (Lipinski definition) is 0. The average molecular weight is 155 g/mol. The molecule has 0 aliphatic heterocycles. The first-order valence-electron chi connectivity index (χ1n) is 4.65. The minimum absolute atomic E-state index is 0.838. The zero-order valence-electron chi connectivity index (χ0n) is 8.35. The van der Waals surface area contributed by atoms with Crippen LogP contribution in [0.4, 0.5) is 0 Å². The maximum absolute atomic E-state index is 4.22. The van der Waals surface area contributed by atoms with Crippen LogP contribution >= 0.6 is 0 Å². The molecule has 0 spiro atoms. The monoisotopic (exact) mass is 155 g/mol. The van der Waals surface area contributed by atoms with Crippen molar-refractivity contribution in [3.63, 3.8) is 0 Å². The molecule has 66 valence electrons. The highest BCUT2D eigenvalue weighted by molar-refractivity contribution is 5.83. The van der Waals surface area contributed by atoms with Crippen LogP contribution in [0.15, 0.2) is 4.99 Å². The molecule has 0 aromatic carbocycles. The Morgan fingerprint density at radius 2 is 2.00 bits per heavy atom. The fourth-order valence-corrected chi connectivity index (χ4v) is 1.16. The second kappa shape index (κ2) is 6.38. The van der Waals surface area contributed by atoms with Crippen molar-refractivity contribution in [3.05, 3.63) is 0 Å². The van der Waals surface area contributed by atoms with Gasteiger partial charge in [-0.3, -0.25) is 4.99 Å². The van der Waals surface area contributed by atoms with Crippen LogP contribution in [-0.2, 0) is 0 Å². The Kier molecular flexibility index (Phi) is 6.19. The van der Waals surface area contributed by atoms with Gasteiger partial charge in [-0.1, -0.05) is 27.2 Å². The summed E-state index contributed by atoms with van der Waals surface area (Å²) in [5, 5.41) is 0. The topological polar surface area (TPSA) is 12.4 Å². The average Bonchev–Trinajstić information content (AvgIpc) is 1.98. The highest BCUT2D eigenvalue weighted by Crippen LogP contribution is 2.07. The minimum atomic E-state index is 0.838. The van der Waals surface area contributed by atoms with E-state index in [1.807, 2.05) is 7.05 Å². The lowest BCUT2D eigenvalue weighted by molar-refractivity contribution is 0.563. The third-order valence-corrected chi connectivity index (χ3v) is 1.97. The fraction of sp³-hybridized carbons (Fsp3) is 0.900. The van der Waals surface area contributed by atoms with Crippen molar-refractivity contribution in [2.24, 2.45) is 10.9 Å². The Hall–Kier alpha value is -0.330.